The van der Waals surface area contributed by atoms with Gasteiger partial charge in [0.05, 0.1) is 0 Å². The van der Waals surface area contributed by atoms with Crippen molar-refractivity contribution in [1.29, 1.82) is 0 Å². The molecule has 1 aliphatic rings. The second kappa shape index (κ2) is 8.52. The van der Waals surface area contributed by atoms with Crippen LogP contribution in [0.5, 0.6) is 5.06 Å². The van der Waals surface area contributed by atoms with Gasteiger partial charge in [0.1, 0.15) is 6.04 Å². The van der Waals surface area contributed by atoms with Gasteiger partial charge in [-0.05, 0) is 29.7 Å². The van der Waals surface area contributed by atoms with Crippen molar-refractivity contribution in [3.63, 3.8) is 0 Å². The normalized spacial score (nSPS) is 15.3. The van der Waals surface area contributed by atoms with E-state index in [1.54, 1.807) is 30.3 Å². The van der Waals surface area contributed by atoms with Crippen molar-refractivity contribution in [3.8, 4) is 5.06 Å². The van der Waals surface area contributed by atoms with Crippen LogP contribution in [0.25, 0.3) is 0 Å². The average molecular weight is 404 g/mol. The van der Waals surface area contributed by atoms with Crippen LogP contribution in [0.2, 0.25) is 5.02 Å². The molecule has 1 aromatic carbocycles. The molecule has 7 heteroatoms. The quantitative estimate of drug-likeness (QED) is 0.444. The Morgan fingerprint density at radius 3 is 2.85 bits per heavy atom. The fraction of sp³-hybridized carbons (Fsp3) is 0.200. The first-order chi connectivity index (χ1) is 13.0. The van der Waals surface area contributed by atoms with Crippen molar-refractivity contribution in [2.75, 3.05) is 6.54 Å². The summed E-state index contributed by atoms with van der Waals surface area (Å²) in [6, 6.07) is 7.97. The van der Waals surface area contributed by atoms with Gasteiger partial charge in [-0.3, -0.25) is 9.69 Å². The summed E-state index contributed by atoms with van der Waals surface area (Å²) in [5.41, 5.74) is 1.55. The first kappa shape index (κ1) is 19.4. The predicted octanol–water partition coefficient (Wildman–Crippen LogP) is 4.23. The summed E-state index contributed by atoms with van der Waals surface area (Å²) in [5, 5.41) is 10.7. The summed E-state index contributed by atoms with van der Waals surface area (Å²) < 4.78 is 5.31. The molecule has 0 aliphatic carbocycles. The maximum atomic E-state index is 11.9. The van der Waals surface area contributed by atoms with Gasteiger partial charge >= 0.3 is 11.9 Å². The van der Waals surface area contributed by atoms with Gasteiger partial charge in [-0.1, -0.05) is 48.5 Å². The number of carboxylic acid groups (broad SMARTS) is 1. The maximum Gasteiger partial charge on any atom is 0.336 e. The van der Waals surface area contributed by atoms with Gasteiger partial charge in [-0.25, -0.2) is 4.79 Å². The lowest BCUT2D eigenvalue weighted by Gasteiger charge is -2.32. The van der Waals surface area contributed by atoms with Gasteiger partial charge in [0, 0.05) is 29.1 Å². The number of carbonyl (C=O) groups is 2. The molecule has 3 rings (SSSR count). The number of carbonyl (C=O) groups excluding carboxylic acids is 1. The third kappa shape index (κ3) is 4.47. The minimum absolute atomic E-state index is 0.435. The number of ether oxygens (including phenoxy) is 1. The van der Waals surface area contributed by atoms with Gasteiger partial charge in [-0.15, -0.1) is 11.3 Å². The van der Waals surface area contributed by atoms with Gasteiger partial charge in [-0.2, -0.15) is 0 Å². The Labute approximate surface area is 166 Å². The summed E-state index contributed by atoms with van der Waals surface area (Å²) in [5.74, 6) is -1.41. The van der Waals surface area contributed by atoms with Crippen LogP contribution in [0, 0.1) is 0 Å². The molecule has 2 aromatic rings. The number of allylic oxidation sites excluding steroid dienone is 2. The van der Waals surface area contributed by atoms with Crippen molar-refractivity contribution >= 4 is 34.9 Å². The highest BCUT2D eigenvalue weighted by atomic mass is 35.5. The molecule has 2 heterocycles. The molecule has 5 nitrogen and oxygen atoms in total. The van der Waals surface area contributed by atoms with E-state index in [0.29, 0.717) is 35.2 Å². The highest BCUT2D eigenvalue weighted by Gasteiger charge is 2.32. The minimum atomic E-state index is -0.942. The zero-order valence-electron chi connectivity index (χ0n) is 14.4. The van der Waals surface area contributed by atoms with E-state index in [9.17, 15) is 14.7 Å². The van der Waals surface area contributed by atoms with Crippen LogP contribution in [0.15, 0.2) is 55.1 Å². The third-order valence-corrected chi connectivity index (χ3v) is 5.70. The van der Waals surface area contributed by atoms with Crippen LogP contribution in [0.4, 0.5) is 0 Å². The topological polar surface area (TPSA) is 66.8 Å². The molecule has 1 aliphatic heterocycles. The van der Waals surface area contributed by atoms with Crippen molar-refractivity contribution in [1.82, 2.24) is 4.90 Å². The highest BCUT2D eigenvalue weighted by Crippen LogP contribution is 2.37. The molecule has 0 amide bonds. The second-order valence-electron chi connectivity index (χ2n) is 6.01. The largest absolute Gasteiger partial charge is 0.480 e. The van der Waals surface area contributed by atoms with Crippen LogP contribution in [0.1, 0.15) is 22.0 Å². The summed E-state index contributed by atoms with van der Waals surface area (Å²) in [6.45, 7) is 4.54. The number of aliphatic carboxylic acids is 1. The van der Waals surface area contributed by atoms with Crippen LogP contribution in [0.3, 0.4) is 0 Å². The smallest absolute Gasteiger partial charge is 0.336 e. The number of thiophene rings is 1. The number of fused-ring (bicyclic) bond motifs is 1. The second-order valence-corrected chi connectivity index (χ2v) is 7.52. The molecule has 1 N–H and O–H groups in total. The SMILES string of the molecule is C=CC=CC(=O)Oc1cc2c(s1)CCN(C(C(=O)O)c1ccccc1Cl)C2. The number of hydrogen-bond acceptors (Lipinski definition) is 5. The molecule has 140 valence electrons. The average Bonchev–Trinajstić information content (AvgIpc) is 3.03. The first-order valence-electron chi connectivity index (χ1n) is 8.33. The molecule has 1 unspecified atom stereocenters. The number of benzene rings is 1. The molecule has 0 spiro atoms. The van der Waals surface area contributed by atoms with Crippen molar-refractivity contribution < 1.29 is 19.4 Å². The lowest BCUT2D eigenvalue weighted by molar-refractivity contribution is -0.144. The zero-order chi connectivity index (χ0) is 19.4. The van der Waals surface area contributed by atoms with E-state index in [2.05, 4.69) is 6.58 Å². The number of halogens is 1. The molecule has 0 radical (unpaired) electrons. The summed E-state index contributed by atoms with van der Waals surface area (Å²) >= 11 is 7.64. The Morgan fingerprint density at radius 2 is 2.15 bits per heavy atom. The lowest BCUT2D eigenvalue weighted by Crippen LogP contribution is -2.37. The molecule has 0 saturated carbocycles. The van der Waals surface area contributed by atoms with Crippen LogP contribution in [-0.4, -0.2) is 28.5 Å². The Balaban J connectivity index is 1.80. The molecule has 27 heavy (non-hydrogen) atoms. The lowest BCUT2D eigenvalue weighted by atomic mass is 10.0. The first-order valence-corrected chi connectivity index (χ1v) is 9.53. The standard InChI is InChI=1S/C20H18ClNO4S/c1-2-3-8-17(23)26-18-11-13-12-22(10-9-16(13)27-18)19(20(24)25)14-6-4-5-7-15(14)21/h2-8,11,19H,1,9-10,12H2,(H,24,25). The third-order valence-electron chi connectivity index (χ3n) is 4.24. The Hall–Kier alpha value is -2.41. The Bertz CT molecular complexity index is 905. The summed E-state index contributed by atoms with van der Waals surface area (Å²) in [4.78, 5) is 26.6. The molecular weight excluding hydrogens is 386 g/mol. The number of carboxylic acids is 1. The maximum absolute atomic E-state index is 11.9. The van der Waals surface area contributed by atoms with Crippen LogP contribution >= 0.6 is 22.9 Å². The number of hydrogen-bond donors (Lipinski definition) is 1. The van der Waals surface area contributed by atoms with E-state index in [0.717, 1.165) is 10.4 Å². The number of esters is 1. The van der Waals surface area contributed by atoms with Crippen molar-refractivity contribution in [2.24, 2.45) is 0 Å². The zero-order valence-corrected chi connectivity index (χ0v) is 16.0. The summed E-state index contributed by atoms with van der Waals surface area (Å²) in [7, 11) is 0. The minimum Gasteiger partial charge on any atom is -0.480 e. The van der Waals surface area contributed by atoms with E-state index in [1.807, 2.05) is 4.90 Å². The van der Waals surface area contributed by atoms with Crippen LogP contribution in [-0.2, 0) is 22.6 Å². The van der Waals surface area contributed by atoms with E-state index in [-0.39, 0.29) is 0 Å². The summed E-state index contributed by atoms with van der Waals surface area (Å²) in [6.07, 6.45) is 5.00. The Kier molecular flexibility index (Phi) is 6.11. The van der Waals surface area contributed by atoms with Gasteiger partial charge < -0.3 is 9.84 Å². The monoisotopic (exact) mass is 403 g/mol. The molecular formula is C20H18ClNO4S. The van der Waals surface area contributed by atoms with E-state index < -0.39 is 18.0 Å². The van der Waals surface area contributed by atoms with E-state index in [1.165, 1.54) is 29.6 Å². The molecule has 0 fully saturated rings. The molecule has 1 atom stereocenters. The molecule has 0 saturated heterocycles. The van der Waals surface area contributed by atoms with E-state index >= 15 is 0 Å². The van der Waals surface area contributed by atoms with Crippen molar-refractivity contribution in [3.05, 3.63) is 76.2 Å². The molecule has 0 bridgehead atoms. The fourth-order valence-corrected chi connectivity index (χ4v) is 4.32. The number of rotatable bonds is 6. The van der Waals surface area contributed by atoms with Gasteiger partial charge in [0.2, 0.25) is 0 Å². The molecule has 1 aromatic heterocycles. The van der Waals surface area contributed by atoms with Gasteiger partial charge in [0.25, 0.3) is 0 Å². The van der Waals surface area contributed by atoms with E-state index in [4.69, 9.17) is 16.3 Å². The predicted molar refractivity (Wildman–Crippen MR) is 105 cm³/mol. The fourth-order valence-electron chi connectivity index (χ4n) is 3.06. The highest BCUT2D eigenvalue weighted by molar-refractivity contribution is 7.14. The van der Waals surface area contributed by atoms with Crippen LogP contribution < -0.4 is 4.74 Å². The Morgan fingerprint density at radius 1 is 1.37 bits per heavy atom. The van der Waals surface area contributed by atoms with Gasteiger partial charge in [0.15, 0.2) is 5.06 Å². The van der Waals surface area contributed by atoms with Crippen molar-refractivity contribution in [2.45, 2.75) is 19.0 Å². The number of nitrogens with zero attached hydrogens (tertiary/aromatic N) is 1.